The molecule has 3 fully saturated rings. The highest BCUT2D eigenvalue weighted by Crippen LogP contribution is 2.46. The Morgan fingerprint density at radius 3 is 2.40 bits per heavy atom. The van der Waals surface area contributed by atoms with Crippen LogP contribution in [0.5, 0.6) is 0 Å². The predicted octanol–water partition coefficient (Wildman–Crippen LogP) is 1.14. The zero-order valence-electron chi connectivity index (χ0n) is 9.46. The van der Waals surface area contributed by atoms with Crippen LogP contribution in [-0.2, 0) is 4.79 Å². The first kappa shape index (κ1) is 9.64. The van der Waals surface area contributed by atoms with Crippen LogP contribution in [0.4, 0.5) is 0 Å². The molecule has 3 rings (SSSR count). The van der Waals surface area contributed by atoms with Gasteiger partial charge in [0, 0.05) is 30.6 Å². The number of carbonyl (C=O) groups is 1. The molecule has 3 heteroatoms. The van der Waals surface area contributed by atoms with Gasteiger partial charge in [0.25, 0.3) is 0 Å². The molecule has 0 aromatic carbocycles. The number of amides is 1. The van der Waals surface area contributed by atoms with Crippen LogP contribution >= 0.6 is 0 Å². The van der Waals surface area contributed by atoms with Crippen molar-refractivity contribution in [1.82, 2.24) is 10.2 Å². The molecule has 2 aliphatic heterocycles. The summed E-state index contributed by atoms with van der Waals surface area (Å²) in [6.07, 6.45) is 6.03. The van der Waals surface area contributed by atoms with Crippen LogP contribution in [0, 0.1) is 5.41 Å². The van der Waals surface area contributed by atoms with Crippen molar-refractivity contribution in [3.63, 3.8) is 0 Å². The van der Waals surface area contributed by atoms with E-state index in [1.54, 1.807) is 0 Å². The minimum Gasteiger partial charge on any atom is -0.339 e. The van der Waals surface area contributed by atoms with Crippen molar-refractivity contribution in [2.24, 2.45) is 5.41 Å². The average molecular weight is 208 g/mol. The highest BCUT2D eigenvalue weighted by Gasteiger charge is 2.48. The zero-order chi connectivity index (χ0) is 10.5. The van der Waals surface area contributed by atoms with Gasteiger partial charge in [0.15, 0.2) is 0 Å². The van der Waals surface area contributed by atoms with Crippen LogP contribution in [0.25, 0.3) is 0 Å². The molecule has 2 heterocycles. The quantitative estimate of drug-likeness (QED) is 0.701. The van der Waals surface area contributed by atoms with E-state index in [0.29, 0.717) is 18.0 Å². The fraction of sp³-hybridized carbons (Fsp3) is 0.917. The standard InChI is InChI=1S/C12H20N2O/c1-12(5-6-12)11(15)14-7-9-3-2-4-10(8-14)13-9/h9-10,13H,2-8H2,1H3. The summed E-state index contributed by atoms with van der Waals surface area (Å²) in [6, 6.07) is 1.15. The van der Waals surface area contributed by atoms with Gasteiger partial charge in [0.05, 0.1) is 0 Å². The van der Waals surface area contributed by atoms with E-state index >= 15 is 0 Å². The van der Waals surface area contributed by atoms with E-state index in [1.807, 2.05) is 0 Å². The Balaban J connectivity index is 1.69. The lowest BCUT2D eigenvalue weighted by molar-refractivity contribution is -0.138. The molecular weight excluding hydrogens is 188 g/mol. The fourth-order valence-corrected chi connectivity index (χ4v) is 2.95. The Morgan fingerprint density at radius 1 is 1.27 bits per heavy atom. The number of piperidine rings is 1. The molecule has 2 bridgehead atoms. The molecule has 1 aliphatic carbocycles. The van der Waals surface area contributed by atoms with Crippen molar-refractivity contribution in [2.45, 2.75) is 51.1 Å². The lowest BCUT2D eigenvalue weighted by Crippen LogP contribution is -2.60. The molecule has 0 aromatic rings. The summed E-state index contributed by atoms with van der Waals surface area (Å²) in [5.74, 6) is 0.418. The van der Waals surface area contributed by atoms with Crippen molar-refractivity contribution in [3.8, 4) is 0 Å². The Morgan fingerprint density at radius 2 is 1.87 bits per heavy atom. The molecule has 1 amide bonds. The number of likely N-dealkylation sites (tertiary alicyclic amines) is 1. The van der Waals surface area contributed by atoms with Gasteiger partial charge in [0.2, 0.25) is 5.91 Å². The molecule has 84 valence electrons. The molecular formula is C12H20N2O. The van der Waals surface area contributed by atoms with E-state index in [2.05, 4.69) is 17.1 Å². The van der Waals surface area contributed by atoms with Crippen molar-refractivity contribution in [1.29, 1.82) is 0 Å². The van der Waals surface area contributed by atoms with Crippen molar-refractivity contribution in [2.75, 3.05) is 13.1 Å². The van der Waals surface area contributed by atoms with Crippen LogP contribution < -0.4 is 5.32 Å². The number of piperazine rings is 1. The van der Waals surface area contributed by atoms with Gasteiger partial charge in [-0.1, -0.05) is 13.3 Å². The number of hydrogen-bond acceptors (Lipinski definition) is 2. The van der Waals surface area contributed by atoms with E-state index in [0.717, 1.165) is 25.9 Å². The molecule has 3 nitrogen and oxygen atoms in total. The molecule has 0 aromatic heterocycles. The first-order valence-electron chi connectivity index (χ1n) is 6.23. The highest BCUT2D eigenvalue weighted by molar-refractivity contribution is 5.85. The summed E-state index contributed by atoms with van der Waals surface area (Å²) < 4.78 is 0. The van der Waals surface area contributed by atoms with E-state index in [1.165, 1.54) is 19.3 Å². The molecule has 2 saturated heterocycles. The van der Waals surface area contributed by atoms with Gasteiger partial charge in [-0.25, -0.2) is 0 Å². The third-order valence-corrected chi connectivity index (χ3v) is 4.26. The summed E-state index contributed by atoms with van der Waals surface area (Å²) in [7, 11) is 0. The smallest absolute Gasteiger partial charge is 0.228 e. The van der Waals surface area contributed by atoms with Crippen LogP contribution in [-0.4, -0.2) is 36.0 Å². The van der Waals surface area contributed by atoms with Gasteiger partial charge in [-0.2, -0.15) is 0 Å². The Hall–Kier alpha value is -0.570. The third kappa shape index (κ3) is 1.67. The van der Waals surface area contributed by atoms with Crippen LogP contribution in [0.15, 0.2) is 0 Å². The average Bonchev–Trinajstić information content (AvgIpc) is 2.96. The lowest BCUT2D eigenvalue weighted by atomic mass is 9.93. The van der Waals surface area contributed by atoms with Gasteiger partial charge < -0.3 is 10.2 Å². The van der Waals surface area contributed by atoms with Crippen molar-refractivity contribution < 1.29 is 4.79 Å². The molecule has 0 spiro atoms. The molecule has 1 saturated carbocycles. The fourth-order valence-electron chi connectivity index (χ4n) is 2.95. The van der Waals surface area contributed by atoms with Gasteiger partial charge in [-0.3, -0.25) is 4.79 Å². The lowest BCUT2D eigenvalue weighted by Gasteiger charge is -2.43. The number of fused-ring (bicyclic) bond motifs is 2. The topological polar surface area (TPSA) is 32.3 Å². The highest BCUT2D eigenvalue weighted by atomic mass is 16.2. The van der Waals surface area contributed by atoms with E-state index < -0.39 is 0 Å². The second kappa shape index (κ2) is 3.21. The van der Waals surface area contributed by atoms with Crippen LogP contribution in [0.1, 0.15) is 39.0 Å². The van der Waals surface area contributed by atoms with Crippen LogP contribution in [0.2, 0.25) is 0 Å². The van der Waals surface area contributed by atoms with E-state index in [9.17, 15) is 4.79 Å². The number of carbonyl (C=O) groups excluding carboxylic acids is 1. The second-order valence-corrected chi connectivity index (χ2v) is 5.76. The Bertz CT molecular complexity index is 273. The summed E-state index contributed by atoms with van der Waals surface area (Å²) in [4.78, 5) is 14.3. The minimum atomic E-state index is 0.0195. The maximum atomic E-state index is 12.2. The van der Waals surface area contributed by atoms with Crippen molar-refractivity contribution >= 4 is 5.91 Å². The molecule has 1 N–H and O–H groups in total. The summed E-state index contributed by atoms with van der Waals surface area (Å²) in [5, 5.41) is 3.62. The third-order valence-electron chi connectivity index (χ3n) is 4.26. The SMILES string of the molecule is CC1(C(=O)N2CC3CCCC(C2)N3)CC1. The van der Waals surface area contributed by atoms with Crippen molar-refractivity contribution in [3.05, 3.63) is 0 Å². The number of hydrogen-bond donors (Lipinski definition) is 1. The number of rotatable bonds is 1. The van der Waals surface area contributed by atoms with Gasteiger partial charge in [-0.05, 0) is 25.7 Å². The van der Waals surface area contributed by atoms with E-state index in [-0.39, 0.29) is 5.41 Å². The maximum Gasteiger partial charge on any atom is 0.228 e. The number of nitrogens with one attached hydrogen (secondary N) is 1. The normalized spacial score (nSPS) is 37.5. The maximum absolute atomic E-state index is 12.2. The molecule has 0 radical (unpaired) electrons. The second-order valence-electron chi connectivity index (χ2n) is 5.76. The predicted molar refractivity (Wildman–Crippen MR) is 58.5 cm³/mol. The van der Waals surface area contributed by atoms with Gasteiger partial charge >= 0.3 is 0 Å². The van der Waals surface area contributed by atoms with Crippen LogP contribution in [0.3, 0.4) is 0 Å². The summed E-state index contributed by atoms with van der Waals surface area (Å²) >= 11 is 0. The monoisotopic (exact) mass is 208 g/mol. The Labute approximate surface area is 91.2 Å². The summed E-state index contributed by atoms with van der Waals surface area (Å²) in [5.41, 5.74) is 0.0195. The Kier molecular flexibility index (Phi) is 2.06. The largest absolute Gasteiger partial charge is 0.339 e. The minimum absolute atomic E-state index is 0.0195. The molecule has 15 heavy (non-hydrogen) atoms. The summed E-state index contributed by atoms with van der Waals surface area (Å²) in [6.45, 7) is 4.02. The van der Waals surface area contributed by atoms with E-state index in [4.69, 9.17) is 0 Å². The molecule has 2 unspecified atom stereocenters. The molecule has 3 aliphatic rings. The molecule has 2 atom stereocenters. The van der Waals surface area contributed by atoms with Gasteiger partial charge in [-0.15, -0.1) is 0 Å². The van der Waals surface area contributed by atoms with Gasteiger partial charge in [0.1, 0.15) is 0 Å². The zero-order valence-corrected chi connectivity index (χ0v) is 9.46. The number of nitrogens with zero attached hydrogens (tertiary/aromatic N) is 1. The first-order chi connectivity index (χ1) is 7.17. The first-order valence-corrected chi connectivity index (χ1v) is 6.23.